The number of nitrogens with one attached hydrogen (secondary N) is 1. The Labute approximate surface area is 150 Å². The molecule has 0 bridgehead atoms. The zero-order valence-electron chi connectivity index (χ0n) is 15.6. The van der Waals surface area contributed by atoms with E-state index in [-0.39, 0.29) is 17.5 Å². The van der Waals surface area contributed by atoms with E-state index < -0.39 is 0 Å². The fourth-order valence-corrected chi connectivity index (χ4v) is 3.33. The molecule has 0 saturated heterocycles. The molecule has 6 nitrogen and oxygen atoms in total. The third kappa shape index (κ3) is 6.18. The van der Waals surface area contributed by atoms with Gasteiger partial charge in [-0.1, -0.05) is 39.5 Å². The molecule has 1 aliphatic carbocycles. The van der Waals surface area contributed by atoms with Gasteiger partial charge in [0.25, 0.3) is 5.91 Å². The van der Waals surface area contributed by atoms with Crippen molar-refractivity contribution >= 4 is 11.8 Å². The highest BCUT2D eigenvalue weighted by Gasteiger charge is 2.21. The molecule has 140 valence electrons. The summed E-state index contributed by atoms with van der Waals surface area (Å²) in [5.41, 5.74) is 0.276. The average Bonchev–Trinajstić information content (AvgIpc) is 3.29. The van der Waals surface area contributed by atoms with Gasteiger partial charge in [0, 0.05) is 19.5 Å². The molecule has 1 fully saturated rings. The summed E-state index contributed by atoms with van der Waals surface area (Å²) in [4.78, 5) is 30.5. The van der Waals surface area contributed by atoms with Crippen molar-refractivity contribution in [3.63, 3.8) is 0 Å². The second-order valence-electron chi connectivity index (χ2n) is 6.89. The van der Waals surface area contributed by atoms with Gasteiger partial charge < -0.3 is 14.6 Å². The summed E-state index contributed by atoms with van der Waals surface area (Å²) in [7, 11) is 0. The fraction of sp³-hybridized carbons (Fsp3) is 0.737. The minimum Gasteiger partial charge on any atom is -0.446 e. The van der Waals surface area contributed by atoms with Gasteiger partial charge in [0.1, 0.15) is 6.26 Å². The van der Waals surface area contributed by atoms with Crippen LogP contribution in [0.15, 0.2) is 10.7 Å². The van der Waals surface area contributed by atoms with Crippen molar-refractivity contribution in [3.05, 3.63) is 17.8 Å². The fourth-order valence-electron chi connectivity index (χ4n) is 3.33. The van der Waals surface area contributed by atoms with E-state index in [9.17, 15) is 9.59 Å². The summed E-state index contributed by atoms with van der Waals surface area (Å²) >= 11 is 0. The smallest absolute Gasteiger partial charge is 0.273 e. The molecule has 2 amide bonds. The first-order valence-corrected chi connectivity index (χ1v) is 9.64. The van der Waals surface area contributed by atoms with Crippen LogP contribution in [0, 0.1) is 5.92 Å². The number of oxazole rings is 1. The molecule has 25 heavy (non-hydrogen) atoms. The lowest BCUT2D eigenvalue weighted by atomic mass is 10.0. The Bertz CT molecular complexity index is 550. The molecule has 0 aliphatic heterocycles. The van der Waals surface area contributed by atoms with Crippen LogP contribution in [0.5, 0.6) is 0 Å². The molecule has 1 aromatic heterocycles. The second kappa shape index (κ2) is 10.2. The van der Waals surface area contributed by atoms with Crippen LogP contribution in [0.25, 0.3) is 0 Å². The zero-order valence-corrected chi connectivity index (χ0v) is 15.6. The lowest BCUT2D eigenvalue weighted by Crippen LogP contribution is -2.31. The molecule has 1 aliphatic rings. The van der Waals surface area contributed by atoms with Crippen LogP contribution in [-0.2, 0) is 11.3 Å². The predicted molar refractivity (Wildman–Crippen MR) is 96.0 cm³/mol. The average molecular weight is 349 g/mol. The first-order chi connectivity index (χ1) is 12.1. The third-order valence-electron chi connectivity index (χ3n) is 4.73. The summed E-state index contributed by atoms with van der Waals surface area (Å²) < 4.78 is 5.40. The number of hydrogen-bond acceptors (Lipinski definition) is 4. The van der Waals surface area contributed by atoms with E-state index in [2.05, 4.69) is 17.2 Å². The van der Waals surface area contributed by atoms with Gasteiger partial charge in [0.05, 0.1) is 6.54 Å². The molecular formula is C19H31N3O3. The van der Waals surface area contributed by atoms with Gasteiger partial charge in [-0.3, -0.25) is 9.59 Å². The second-order valence-corrected chi connectivity index (χ2v) is 6.89. The molecule has 1 heterocycles. The van der Waals surface area contributed by atoms with Gasteiger partial charge in [0.2, 0.25) is 11.8 Å². The normalized spacial score (nSPS) is 14.6. The molecule has 0 radical (unpaired) electrons. The standard InChI is InChI=1S/C19H31N3O3/c1-3-11-20-19(24)16-14-25-17(21-16)13-22(12-4-2)18(23)10-9-15-7-5-6-8-15/h14-15H,3-13H2,1-2H3,(H,20,24). The van der Waals surface area contributed by atoms with E-state index >= 15 is 0 Å². The largest absolute Gasteiger partial charge is 0.446 e. The van der Waals surface area contributed by atoms with Gasteiger partial charge in [-0.15, -0.1) is 0 Å². The third-order valence-corrected chi connectivity index (χ3v) is 4.73. The summed E-state index contributed by atoms with van der Waals surface area (Å²) in [6.07, 6.45) is 9.83. The van der Waals surface area contributed by atoms with E-state index in [0.717, 1.165) is 19.3 Å². The Balaban J connectivity index is 1.88. The topological polar surface area (TPSA) is 75.4 Å². The predicted octanol–water partition coefficient (Wildman–Crippen LogP) is 3.52. The summed E-state index contributed by atoms with van der Waals surface area (Å²) in [6.45, 7) is 5.68. The maximum atomic E-state index is 12.6. The number of carbonyl (C=O) groups excluding carboxylic acids is 2. The maximum Gasteiger partial charge on any atom is 0.273 e. The lowest BCUT2D eigenvalue weighted by molar-refractivity contribution is -0.132. The molecule has 2 rings (SSSR count). The Hall–Kier alpha value is -1.85. The lowest BCUT2D eigenvalue weighted by Gasteiger charge is -2.21. The minimum absolute atomic E-state index is 0.156. The quantitative estimate of drug-likeness (QED) is 0.701. The van der Waals surface area contributed by atoms with Crippen molar-refractivity contribution in [2.75, 3.05) is 13.1 Å². The van der Waals surface area contributed by atoms with Crippen LogP contribution in [-0.4, -0.2) is 34.8 Å². The number of carbonyl (C=O) groups is 2. The van der Waals surface area contributed by atoms with E-state index in [4.69, 9.17) is 4.42 Å². The number of aromatic nitrogens is 1. The molecule has 0 unspecified atom stereocenters. The molecule has 0 spiro atoms. The highest BCUT2D eigenvalue weighted by Crippen LogP contribution is 2.28. The van der Waals surface area contributed by atoms with Crippen molar-refractivity contribution in [2.45, 2.75) is 71.8 Å². The Morgan fingerprint density at radius 2 is 2.04 bits per heavy atom. The van der Waals surface area contributed by atoms with E-state index in [1.807, 2.05) is 6.92 Å². The van der Waals surface area contributed by atoms with Crippen LogP contribution in [0.3, 0.4) is 0 Å². The molecule has 1 saturated carbocycles. The highest BCUT2D eigenvalue weighted by atomic mass is 16.3. The number of amides is 2. The summed E-state index contributed by atoms with van der Waals surface area (Å²) in [6, 6.07) is 0. The van der Waals surface area contributed by atoms with Crippen molar-refractivity contribution in [3.8, 4) is 0 Å². The van der Waals surface area contributed by atoms with E-state index in [0.29, 0.717) is 37.9 Å². The van der Waals surface area contributed by atoms with Gasteiger partial charge in [0.15, 0.2) is 5.69 Å². The Morgan fingerprint density at radius 1 is 1.28 bits per heavy atom. The number of rotatable bonds is 10. The summed E-state index contributed by atoms with van der Waals surface area (Å²) in [5, 5.41) is 2.77. The van der Waals surface area contributed by atoms with Crippen molar-refractivity contribution in [2.24, 2.45) is 5.92 Å². The molecule has 0 atom stereocenters. The molecule has 1 N–H and O–H groups in total. The van der Waals surface area contributed by atoms with Crippen molar-refractivity contribution in [1.29, 1.82) is 0 Å². The molecule has 1 aromatic rings. The van der Waals surface area contributed by atoms with Gasteiger partial charge in [-0.25, -0.2) is 4.98 Å². The number of hydrogen-bond donors (Lipinski definition) is 1. The highest BCUT2D eigenvalue weighted by molar-refractivity contribution is 5.91. The van der Waals surface area contributed by atoms with Crippen LogP contribution < -0.4 is 5.32 Å². The van der Waals surface area contributed by atoms with Gasteiger partial charge in [-0.05, 0) is 25.2 Å². The van der Waals surface area contributed by atoms with Gasteiger partial charge in [-0.2, -0.15) is 0 Å². The van der Waals surface area contributed by atoms with Crippen molar-refractivity contribution < 1.29 is 14.0 Å². The van der Waals surface area contributed by atoms with Crippen LogP contribution in [0.4, 0.5) is 0 Å². The van der Waals surface area contributed by atoms with E-state index in [1.54, 1.807) is 4.90 Å². The van der Waals surface area contributed by atoms with Crippen LogP contribution in [0.1, 0.15) is 81.6 Å². The molecule has 6 heteroatoms. The van der Waals surface area contributed by atoms with Crippen LogP contribution in [0.2, 0.25) is 0 Å². The number of nitrogens with zero attached hydrogens (tertiary/aromatic N) is 2. The Kier molecular flexibility index (Phi) is 7.95. The zero-order chi connectivity index (χ0) is 18.1. The van der Waals surface area contributed by atoms with Crippen LogP contribution >= 0.6 is 0 Å². The first-order valence-electron chi connectivity index (χ1n) is 9.64. The van der Waals surface area contributed by atoms with Gasteiger partial charge >= 0.3 is 0 Å². The van der Waals surface area contributed by atoms with E-state index in [1.165, 1.54) is 31.9 Å². The molecule has 0 aromatic carbocycles. The summed E-state index contributed by atoms with van der Waals surface area (Å²) in [5.74, 6) is 1.06. The maximum absolute atomic E-state index is 12.6. The Morgan fingerprint density at radius 3 is 2.72 bits per heavy atom. The van der Waals surface area contributed by atoms with Crippen molar-refractivity contribution in [1.82, 2.24) is 15.2 Å². The minimum atomic E-state index is -0.230. The first kappa shape index (κ1) is 19.5. The monoisotopic (exact) mass is 349 g/mol. The SMILES string of the molecule is CCCNC(=O)c1coc(CN(CCC)C(=O)CCC2CCCC2)n1. The molecular weight excluding hydrogens is 318 g/mol.